The van der Waals surface area contributed by atoms with Gasteiger partial charge in [0.15, 0.2) is 0 Å². The van der Waals surface area contributed by atoms with E-state index in [1.807, 2.05) is 6.92 Å². The molecular weight excluding hydrogens is 330 g/mol. The van der Waals surface area contributed by atoms with Crippen LogP contribution in [0.2, 0.25) is 5.02 Å². The molecule has 0 atom stereocenters. The maximum Gasteiger partial charge on any atom is 0.240 e. The van der Waals surface area contributed by atoms with Crippen molar-refractivity contribution in [1.29, 1.82) is 0 Å². The Hall–Kier alpha value is -0.140. The van der Waals surface area contributed by atoms with Gasteiger partial charge in [-0.25, -0.2) is 13.1 Å². The first-order chi connectivity index (χ1) is 7.97. The van der Waals surface area contributed by atoms with Crippen LogP contribution in [0.25, 0.3) is 0 Å². The number of sulfonamides is 1. The van der Waals surface area contributed by atoms with Gasteiger partial charge in [0, 0.05) is 17.6 Å². The fraction of sp³-hybridized carbons (Fsp3) is 0.400. The number of ether oxygens (including phenoxy) is 1. The molecule has 4 nitrogen and oxygen atoms in total. The van der Waals surface area contributed by atoms with Crippen LogP contribution in [-0.4, -0.2) is 28.2 Å². The Balaban J connectivity index is 2.72. The lowest BCUT2D eigenvalue weighted by molar-refractivity contribution is 0.153. The SMILES string of the molecule is CCOCCNS(=O)(=O)c1ccc(Cl)c(Br)c1. The molecule has 0 fully saturated rings. The van der Waals surface area contributed by atoms with Crippen molar-refractivity contribution in [2.24, 2.45) is 0 Å². The van der Waals surface area contributed by atoms with Gasteiger partial charge in [0.05, 0.1) is 16.5 Å². The van der Waals surface area contributed by atoms with E-state index < -0.39 is 10.0 Å². The Morgan fingerprint density at radius 3 is 2.76 bits per heavy atom. The summed E-state index contributed by atoms with van der Waals surface area (Å²) in [6.45, 7) is 3.01. The minimum atomic E-state index is -3.50. The van der Waals surface area contributed by atoms with E-state index in [9.17, 15) is 8.42 Å². The molecule has 17 heavy (non-hydrogen) atoms. The molecule has 0 spiro atoms. The molecule has 0 aliphatic carbocycles. The molecule has 1 aromatic carbocycles. The Labute approximate surface area is 114 Å². The molecule has 0 aliphatic rings. The molecule has 96 valence electrons. The minimum Gasteiger partial charge on any atom is -0.380 e. The standard InChI is InChI=1S/C10H13BrClNO3S/c1-2-16-6-5-13-17(14,15)8-3-4-10(12)9(11)7-8/h3-4,7,13H,2,5-6H2,1H3. The van der Waals surface area contributed by atoms with Crippen LogP contribution < -0.4 is 4.72 Å². The second kappa shape index (κ2) is 6.70. The lowest BCUT2D eigenvalue weighted by Crippen LogP contribution is -2.27. The Bertz CT molecular complexity index is 478. The second-order valence-corrected chi connectivity index (χ2v) is 6.20. The zero-order chi connectivity index (χ0) is 12.9. The maximum atomic E-state index is 11.8. The minimum absolute atomic E-state index is 0.172. The number of nitrogens with one attached hydrogen (secondary N) is 1. The summed E-state index contributed by atoms with van der Waals surface area (Å²) in [5.41, 5.74) is 0. The molecule has 0 saturated heterocycles. The van der Waals surface area contributed by atoms with Gasteiger partial charge in [-0.15, -0.1) is 0 Å². The summed E-state index contributed by atoms with van der Waals surface area (Å²) < 4.78 is 31.7. The molecular formula is C10H13BrClNO3S. The summed E-state index contributed by atoms with van der Waals surface area (Å²) in [7, 11) is -3.50. The van der Waals surface area contributed by atoms with Crippen molar-refractivity contribution < 1.29 is 13.2 Å². The first-order valence-corrected chi connectivity index (χ1v) is 7.65. The fourth-order valence-electron chi connectivity index (χ4n) is 1.12. The van der Waals surface area contributed by atoms with Crippen LogP contribution in [0, 0.1) is 0 Å². The van der Waals surface area contributed by atoms with Crippen LogP contribution in [-0.2, 0) is 14.8 Å². The van der Waals surface area contributed by atoms with Crippen LogP contribution in [0.15, 0.2) is 27.6 Å². The summed E-state index contributed by atoms with van der Waals surface area (Å²) in [5, 5.41) is 0.471. The molecule has 7 heteroatoms. The summed E-state index contributed by atoms with van der Waals surface area (Å²) >= 11 is 8.98. The largest absolute Gasteiger partial charge is 0.380 e. The summed E-state index contributed by atoms with van der Waals surface area (Å²) in [6, 6.07) is 4.45. The Kier molecular flexibility index (Phi) is 5.88. The highest BCUT2D eigenvalue weighted by Gasteiger charge is 2.14. The monoisotopic (exact) mass is 341 g/mol. The van der Waals surface area contributed by atoms with E-state index >= 15 is 0 Å². The van der Waals surface area contributed by atoms with Gasteiger partial charge in [-0.3, -0.25) is 0 Å². The van der Waals surface area contributed by atoms with Gasteiger partial charge in [0.1, 0.15) is 0 Å². The number of benzene rings is 1. The van der Waals surface area contributed by atoms with E-state index in [4.69, 9.17) is 16.3 Å². The lowest BCUT2D eigenvalue weighted by atomic mass is 10.4. The first-order valence-electron chi connectivity index (χ1n) is 5.00. The van der Waals surface area contributed by atoms with E-state index in [1.165, 1.54) is 18.2 Å². The summed E-state index contributed by atoms with van der Waals surface area (Å²) in [6.07, 6.45) is 0. The molecule has 0 saturated carbocycles. The molecule has 1 aromatic rings. The summed E-state index contributed by atoms with van der Waals surface area (Å²) in [5.74, 6) is 0. The Morgan fingerprint density at radius 1 is 1.47 bits per heavy atom. The van der Waals surface area contributed by atoms with Gasteiger partial charge < -0.3 is 4.74 Å². The van der Waals surface area contributed by atoms with E-state index in [-0.39, 0.29) is 11.4 Å². The van der Waals surface area contributed by atoms with E-state index in [0.717, 1.165) is 0 Å². The third-order valence-corrected chi connectivity index (χ3v) is 4.62. The van der Waals surface area contributed by atoms with Crippen molar-refractivity contribution in [3.8, 4) is 0 Å². The van der Waals surface area contributed by atoms with Gasteiger partial charge in [-0.05, 0) is 41.1 Å². The van der Waals surface area contributed by atoms with Crippen LogP contribution in [0.3, 0.4) is 0 Å². The highest BCUT2D eigenvalue weighted by Crippen LogP contribution is 2.25. The quantitative estimate of drug-likeness (QED) is 0.808. The van der Waals surface area contributed by atoms with Gasteiger partial charge in [0.2, 0.25) is 10.0 Å². The predicted octanol–water partition coefficient (Wildman–Crippen LogP) is 2.42. The van der Waals surface area contributed by atoms with Crippen molar-refractivity contribution in [2.45, 2.75) is 11.8 Å². The number of halogens is 2. The normalized spacial score (nSPS) is 11.7. The first kappa shape index (κ1) is 14.9. The maximum absolute atomic E-state index is 11.8. The van der Waals surface area contributed by atoms with E-state index in [1.54, 1.807) is 0 Å². The highest BCUT2D eigenvalue weighted by molar-refractivity contribution is 9.10. The predicted molar refractivity (Wildman–Crippen MR) is 70.8 cm³/mol. The average Bonchev–Trinajstić information content (AvgIpc) is 2.28. The molecule has 0 radical (unpaired) electrons. The van der Waals surface area contributed by atoms with E-state index in [2.05, 4.69) is 20.7 Å². The van der Waals surface area contributed by atoms with Crippen LogP contribution >= 0.6 is 27.5 Å². The smallest absolute Gasteiger partial charge is 0.240 e. The number of rotatable bonds is 6. The molecule has 0 amide bonds. The average molecular weight is 343 g/mol. The van der Waals surface area contributed by atoms with Crippen molar-refractivity contribution in [2.75, 3.05) is 19.8 Å². The molecule has 0 aromatic heterocycles. The highest BCUT2D eigenvalue weighted by atomic mass is 79.9. The Morgan fingerprint density at radius 2 is 2.18 bits per heavy atom. The fourth-order valence-corrected chi connectivity index (χ4v) is 2.81. The zero-order valence-electron chi connectivity index (χ0n) is 9.24. The number of hydrogen-bond donors (Lipinski definition) is 1. The van der Waals surface area contributed by atoms with Gasteiger partial charge >= 0.3 is 0 Å². The third kappa shape index (κ3) is 4.56. The third-order valence-electron chi connectivity index (χ3n) is 1.94. The van der Waals surface area contributed by atoms with Gasteiger partial charge in [-0.1, -0.05) is 11.6 Å². The van der Waals surface area contributed by atoms with Gasteiger partial charge in [-0.2, -0.15) is 0 Å². The molecule has 1 rings (SSSR count). The zero-order valence-corrected chi connectivity index (χ0v) is 12.4. The lowest BCUT2D eigenvalue weighted by Gasteiger charge is -2.07. The van der Waals surface area contributed by atoms with Crippen molar-refractivity contribution in [3.05, 3.63) is 27.7 Å². The molecule has 1 N–H and O–H groups in total. The van der Waals surface area contributed by atoms with Crippen molar-refractivity contribution in [1.82, 2.24) is 4.72 Å². The van der Waals surface area contributed by atoms with E-state index in [0.29, 0.717) is 22.7 Å². The van der Waals surface area contributed by atoms with Crippen LogP contribution in [0.5, 0.6) is 0 Å². The molecule has 0 aliphatic heterocycles. The summed E-state index contributed by atoms with van der Waals surface area (Å²) in [4.78, 5) is 0.172. The van der Waals surface area contributed by atoms with Crippen LogP contribution in [0.1, 0.15) is 6.92 Å². The van der Waals surface area contributed by atoms with Crippen LogP contribution in [0.4, 0.5) is 0 Å². The molecule has 0 unspecified atom stereocenters. The molecule has 0 bridgehead atoms. The second-order valence-electron chi connectivity index (χ2n) is 3.17. The van der Waals surface area contributed by atoms with Gasteiger partial charge in [0.25, 0.3) is 0 Å². The van der Waals surface area contributed by atoms with Crippen molar-refractivity contribution in [3.63, 3.8) is 0 Å². The van der Waals surface area contributed by atoms with Crippen molar-refractivity contribution >= 4 is 37.6 Å². The number of hydrogen-bond acceptors (Lipinski definition) is 3. The molecule has 0 heterocycles. The topological polar surface area (TPSA) is 55.4 Å².